The van der Waals surface area contributed by atoms with Crippen molar-refractivity contribution >= 4 is 6.03 Å². The summed E-state index contributed by atoms with van der Waals surface area (Å²) in [7, 11) is 0. The van der Waals surface area contributed by atoms with E-state index in [4.69, 9.17) is 0 Å². The van der Waals surface area contributed by atoms with Gasteiger partial charge >= 0.3 is 6.03 Å². The summed E-state index contributed by atoms with van der Waals surface area (Å²) in [5.41, 5.74) is -0.0675. The summed E-state index contributed by atoms with van der Waals surface area (Å²) in [6.45, 7) is 9.01. The molecule has 2 rings (SSSR count). The van der Waals surface area contributed by atoms with E-state index in [0.29, 0.717) is 0 Å². The number of nitrogens with one attached hydrogen (secondary N) is 2. The van der Waals surface area contributed by atoms with Crippen molar-refractivity contribution in [3.63, 3.8) is 0 Å². The highest BCUT2D eigenvalue weighted by Gasteiger charge is 2.51. The van der Waals surface area contributed by atoms with Crippen LogP contribution in [-0.2, 0) is 0 Å². The van der Waals surface area contributed by atoms with Crippen molar-refractivity contribution in [2.24, 2.45) is 0 Å². The van der Waals surface area contributed by atoms with Gasteiger partial charge in [-0.15, -0.1) is 0 Å². The summed E-state index contributed by atoms with van der Waals surface area (Å²) in [6, 6.07) is 0.0844. The zero-order valence-electron chi connectivity index (χ0n) is 9.18. The Balaban J connectivity index is 2.30. The van der Waals surface area contributed by atoms with E-state index in [1.807, 2.05) is 4.90 Å². The van der Waals surface area contributed by atoms with E-state index in [1.54, 1.807) is 0 Å². The van der Waals surface area contributed by atoms with Crippen molar-refractivity contribution < 1.29 is 4.79 Å². The summed E-state index contributed by atoms with van der Waals surface area (Å²) >= 11 is 0. The van der Waals surface area contributed by atoms with Gasteiger partial charge in [0.25, 0.3) is 0 Å². The first kappa shape index (κ1) is 9.77. The molecule has 2 N–H and O–H groups in total. The molecule has 2 aliphatic heterocycles. The minimum absolute atomic E-state index is 0.0231. The minimum atomic E-state index is -0.0907. The topological polar surface area (TPSA) is 44.4 Å². The Morgan fingerprint density at radius 1 is 1.36 bits per heavy atom. The van der Waals surface area contributed by atoms with Crippen molar-refractivity contribution in [2.45, 2.75) is 38.3 Å². The van der Waals surface area contributed by atoms with Gasteiger partial charge in [-0.3, -0.25) is 0 Å². The van der Waals surface area contributed by atoms with E-state index in [1.165, 1.54) is 0 Å². The van der Waals surface area contributed by atoms with Crippen molar-refractivity contribution in [1.29, 1.82) is 0 Å². The Kier molecular flexibility index (Phi) is 2.00. The lowest BCUT2D eigenvalue weighted by Crippen LogP contribution is -2.57. The number of urea groups is 1. The Morgan fingerprint density at radius 2 is 2.07 bits per heavy atom. The van der Waals surface area contributed by atoms with Crippen molar-refractivity contribution in [3.05, 3.63) is 0 Å². The molecule has 2 aliphatic rings. The zero-order chi connectivity index (χ0) is 10.4. The van der Waals surface area contributed by atoms with E-state index >= 15 is 0 Å². The highest BCUT2D eigenvalue weighted by atomic mass is 16.2. The van der Waals surface area contributed by atoms with E-state index < -0.39 is 0 Å². The first-order valence-electron chi connectivity index (χ1n) is 5.25. The Bertz CT molecular complexity index is 251. The molecule has 1 spiro atoms. The molecule has 0 aromatic heterocycles. The van der Waals surface area contributed by atoms with E-state index in [2.05, 4.69) is 31.4 Å². The first-order chi connectivity index (χ1) is 6.46. The van der Waals surface area contributed by atoms with E-state index in [9.17, 15) is 4.79 Å². The molecule has 2 heterocycles. The maximum absolute atomic E-state index is 11.8. The molecule has 80 valence electrons. The third-order valence-corrected chi connectivity index (χ3v) is 3.14. The summed E-state index contributed by atoms with van der Waals surface area (Å²) in [5, 5.41) is 6.30. The largest absolute Gasteiger partial charge is 0.336 e. The number of nitrogens with zero attached hydrogens (tertiary/aromatic N) is 1. The van der Waals surface area contributed by atoms with Gasteiger partial charge in [-0.2, -0.15) is 0 Å². The Labute approximate surface area is 85.0 Å². The molecule has 1 unspecified atom stereocenters. The van der Waals surface area contributed by atoms with Gasteiger partial charge in [0.05, 0.1) is 5.54 Å². The summed E-state index contributed by atoms with van der Waals surface area (Å²) < 4.78 is 0. The third kappa shape index (κ3) is 1.29. The smallest absolute Gasteiger partial charge is 0.318 e. The van der Waals surface area contributed by atoms with Crippen LogP contribution in [0.5, 0.6) is 0 Å². The number of hydrogen-bond donors (Lipinski definition) is 2. The highest BCUT2D eigenvalue weighted by Crippen LogP contribution is 2.33. The maximum Gasteiger partial charge on any atom is 0.318 e. The Hall–Kier alpha value is -0.770. The van der Waals surface area contributed by atoms with Gasteiger partial charge in [-0.1, -0.05) is 0 Å². The molecule has 4 nitrogen and oxygen atoms in total. The fourth-order valence-corrected chi connectivity index (χ4v) is 2.70. The second-order valence-electron chi connectivity index (χ2n) is 5.32. The number of rotatable bonds is 0. The zero-order valence-corrected chi connectivity index (χ0v) is 9.18. The predicted molar refractivity (Wildman–Crippen MR) is 55.2 cm³/mol. The molecule has 1 atom stereocenters. The summed E-state index contributed by atoms with van der Waals surface area (Å²) in [5.74, 6) is 0. The van der Waals surface area contributed by atoms with Gasteiger partial charge in [0.1, 0.15) is 0 Å². The van der Waals surface area contributed by atoms with Crippen LogP contribution in [0.25, 0.3) is 0 Å². The monoisotopic (exact) mass is 197 g/mol. The molecule has 2 saturated heterocycles. The van der Waals surface area contributed by atoms with Crippen LogP contribution in [0.4, 0.5) is 4.79 Å². The average Bonchev–Trinajstić information content (AvgIpc) is 2.59. The third-order valence-electron chi connectivity index (χ3n) is 3.14. The minimum Gasteiger partial charge on any atom is -0.336 e. The molecule has 4 heteroatoms. The second-order valence-corrected chi connectivity index (χ2v) is 5.32. The Morgan fingerprint density at radius 3 is 2.57 bits per heavy atom. The van der Waals surface area contributed by atoms with Crippen molar-refractivity contribution in [2.75, 3.05) is 19.6 Å². The van der Waals surface area contributed by atoms with Gasteiger partial charge in [0, 0.05) is 18.6 Å². The average molecular weight is 197 g/mol. The fraction of sp³-hybridized carbons (Fsp3) is 0.900. The lowest BCUT2D eigenvalue weighted by atomic mass is 9.92. The predicted octanol–water partition coefficient (Wildman–Crippen LogP) is 0.542. The fourth-order valence-electron chi connectivity index (χ4n) is 2.70. The lowest BCUT2D eigenvalue weighted by molar-refractivity contribution is 0.0902. The molecule has 0 radical (unpaired) electrons. The van der Waals surface area contributed by atoms with Crippen molar-refractivity contribution in [3.8, 4) is 0 Å². The van der Waals surface area contributed by atoms with Crippen LogP contribution < -0.4 is 10.6 Å². The normalized spacial score (nSPS) is 32.8. The number of amides is 2. The maximum atomic E-state index is 11.8. The molecule has 0 bridgehead atoms. The summed E-state index contributed by atoms with van der Waals surface area (Å²) in [4.78, 5) is 13.8. The van der Waals surface area contributed by atoms with Crippen LogP contribution in [0.2, 0.25) is 0 Å². The molecule has 0 aromatic rings. The molecule has 0 saturated carbocycles. The highest BCUT2D eigenvalue weighted by molar-refractivity contribution is 5.79. The van der Waals surface area contributed by atoms with E-state index in [0.717, 1.165) is 26.1 Å². The van der Waals surface area contributed by atoms with Crippen LogP contribution in [0.15, 0.2) is 0 Å². The van der Waals surface area contributed by atoms with Crippen LogP contribution in [-0.4, -0.2) is 41.6 Å². The number of carbonyl (C=O) groups excluding carboxylic acids is 1. The molecular weight excluding hydrogens is 178 g/mol. The molecule has 2 amide bonds. The van der Waals surface area contributed by atoms with Crippen LogP contribution in [0.1, 0.15) is 27.2 Å². The number of hydrogen-bond acceptors (Lipinski definition) is 2. The van der Waals surface area contributed by atoms with Gasteiger partial charge in [0.2, 0.25) is 0 Å². The summed E-state index contributed by atoms with van der Waals surface area (Å²) in [6.07, 6.45) is 1.06. The van der Waals surface area contributed by atoms with Gasteiger partial charge in [-0.05, 0) is 33.7 Å². The number of carbonyl (C=O) groups is 1. The van der Waals surface area contributed by atoms with Gasteiger partial charge < -0.3 is 15.5 Å². The standard InChI is InChI=1S/C10H19N3O/c1-9(2,3)13-8(14)12-7-10(13)4-5-11-6-10/h11H,4-7H2,1-3H3,(H,12,14). The van der Waals surface area contributed by atoms with Crippen molar-refractivity contribution in [1.82, 2.24) is 15.5 Å². The quantitative estimate of drug-likeness (QED) is 0.595. The first-order valence-corrected chi connectivity index (χ1v) is 5.25. The molecule has 14 heavy (non-hydrogen) atoms. The van der Waals surface area contributed by atoms with Crippen LogP contribution in [0, 0.1) is 0 Å². The molecule has 0 aromatic carbocycles. The van der Waals surface area contributed by atoms with Gasteiger partial charge in [-0.25, -0.2) is 4.79 Å². The molecule has 2 fully saturated rings. The second kappa shape index (κ2) is 2.86. The molecule has 0 aliphatic carbocycles. The SMILES string of the molecule is CC(C)(C)N1C(=O)NCC12CCNC2. The lowest BCUT2D eigenvalue weighted by Gasteiger charge is -2.42. The molecular formula is C10H19N3O. The van der Waals surface area contributed by atoms with Crippen LogP contribution in [0.3, 0.4) is 0 Å². The van der Waals surface area contributed by atoms with Crippen LogP contribution >= 0.6 is 0 Å². The van der Waals surface area contributed by atoms with Gasteiger partial charge in [0.15, 0.2) is 0 Å². The van der Waals surface area contributed by atoms with E-state index in [-0.39, 0.29) is 17.1 Å².